The van der Waals surface area contributed by atoms with Crippen LogP contribution in [0.1, 0.15) is 28.9 Å². The molecule has 4 aromatic heterocycles. The molecule has 6 rings (SSSR count). The van der Waals surface area contributed by atoms with Crippen LogP contribution in [0.2, 0.25) is 0 Å². The van der Waals surface area contributed by atoms with Crippen LogP contribution in [0.15, 0.2) is 55.0 Å². The lowest BCUT2D eigenvalue weighted by atomic mass is 9.94. The molecule has 0 radical (unpaired) electrons. The van der Waals surface area contributed by atoms with Crippen molar-refractivity contribution in [3.8, 4) is 16.9 Å². The summed E-state index contributed by atoms with van der Waals surface area (Å²) in [6.07, 6.45) is 7.16. The van der Waals surface area contributed by atoms with Crippen LogP contribution in [0, 0.1) is 6.92 Å². The van der Waals surface area contributed by atoms with Crippen LogP contribution in [0.4, 0.5) is 11.6 Å². The fourth-order valence-electron chi connectivity index (χ4n) is 5.16. The van der Waals surface area contributed by atoms with Gasteiger partial charge in [0.15, 0.2) is 5.82 Å². The lowest BCUT2D eigenvalue weighted by Gasteiger charge is -2.40. The number of hydrogen-bond acceptors (Lipinski definition) is 9. The standard InChI is InChI=1S/C28H31N7O4/c1-17-8-24(25(14-30-17)39-23-10-20-15-38-16-21(11-23)32-20)18-4-6-35-22(9-18)12-27(34-35)33-26-3-2-19(13-31-26)28(37)29-5-7-36/h2-4,6,8-9,12-14,20-21,23,32,36H,5,7,10-11,15-16H2,1H3,(H,29,37)(H,31,33,34)/t20-,21+,23?. The fourth-order valence-corrected chi connectivity index (χ4v) is 5.16. The average Bonchev–Trinajstić information content (AvgIpc) is 3.34. The Labute approximate surface area is 225 Å². The second-order valence-electron chi connectivity index (χ2n) is 9.98. The van der Waals surface area contributed by atoms with Crippen molar-refractivity contribution in [3.05, 3.63) is 66.2 Å². The number of ether oxygens (including phenoxy) is 2. The Morgan fingerprint density at radius 1 is 1.13 bits per heavy atom. The molecule has 0 saturated carbocycles. The van der Waals surface area contributed by atoms with E-state index < -0.39 is 0 Å². The van der Waals surface area contributed by atoms with Gasteiger partial charge in [-0.2, -0.15) is 5.10 Å². The molecule has 202 valence electrons. The third-order valence-electron chi connectivity index (χ3n) is 6.96. The summed E-state index contributed by atoms with van der Waals surface area (Å²) in [6.45, 7) is 3.52. The Hall–Kier alpha value is -4.06. The number of morpholine rings is 1. The SMILES string of the molecule is Cc1cc(-c2ccn3nc(Nc4ccc(C(=O)NCCO)cn4)cc3c2)c(OC2C[C@H]3COC[C@@H](C2)N3)cn1. The number of aliphatic hydroxyl groups is 1. The first-order chi connectivity index (χ1) is 19.0. The predicted molar refractivity (Wildman–Crippen MR) is 145 cm³/mol. The third kappa shape index (κ3) is 5.70. The van der Waals surface area contributed by atoms with E-state index in [1.165, 1.54) is 6.20 Å². The van der Waals surface area contributed by atoms with Gasteiger partial charge in [0.25, 0.3) is 5.91 Å². The minimum atomic E-state index is -0.282. The molecule has 4 aromatic rings. The lowest BCUT2D eigenvalue weighted by molar-refractivity contribution is -0.0122. The van der Waals surface area contributed by atoms with Crippen LogP contribution in [-0.2, 0) is 4.74 Å². The average molecular weight is 530 g/mol. The molecule has 2 bridgehead atoms. The minimum absolute atomic E-state index is 0.113. The molecule has 1 unspecified atom stereocenters. The Morgan fingerprint density at radius 3 is 2.74 bits per heavy atom. The van der Waals surface area contributed by atoms with Crippen LogP contribution >= 0.6 is 0 Å². The van der Waals surface area contributed by atoms with Crippen molar-refractivity contribution in [2.45, 2.75) is 38.0 Å². The van der Waals surface area contributed by atoms with Crippen LogP contribution < -0.4 is 20.7 Å². The molecule has 0 spiro atoms. The van der Waals surface area contributed by atoms with Gasteiger partial charge >= 0.3 is 0 Å². The van der Waals surface area contributed by atoms with E-state index in [9.17, 15) is 4.79 Å². The summed E-state index contributed by atoms with van der Waals surface area (Å²) in [5, 5.41) is 22.9. The number of aryl methyl sites for hydroxylation is 1. The third-order valence-corrected chi connectivity index (χ3v) is 6.96. The first-order valence-electron chi connectivity index (χ1n) is 13.1. The first-order valence-corrected chi connectivity index (χ1v) is 13.1. The molecular weight excluding hydrogens is 498 g/mol. The summed E-state index contributed by atoms with van der Waals surface area (Å²) in [7, 11) is 0. The van der Waals surface area contributed by atoms with Crippen LogP contribution in [-0.4, -0.2) is 75.1 Å². The molecule has 1 amide bonds. The monoisotopic (exact) mass is 529 g/mol. The van der Waals surface area contributed by atoms with Gasteiger partial charge in [-0.25, -0.2) is 9.50 Å². The molecule has 2 saturated heterocycles. The van der Waals surface area contributed by atoms with Crippen LogP contribution in [0.3, 0.4) is 0 Å². The summed E-state index contributed by atoms with van der Waals surface area (Å²) in [5.74, 6) is 1.69. The van der Waals surface area contributed by atoms with Crippen molar-refractivity contribution in [1.29, 1.82) is 0 Å². The number of nitrogens with zero attached hydrogens (tertiary/aromatic N) is 4. The van der Waals surface area contributed by atoms with Crippen molar-refractivity contribution in [3.63, 3.8) is 0 Å². The van der Waals surface area contributed by atoms with Crippen molar-refractivity contribution in [2.24, 2.45) is 0 Å². The second kappa shape index (κ2) is 11.0. The summed E-state index contributed by atoms with van der Waals surface area (Å²) in [5.41, 5.74) is 4.26. The first kappa shape index (κ1) is 25.2. The molecule has 6 heterocycles. The number of aromatic nitrogens is 4. The number of carbonyl (C=O) groups is 1. The Kier molecular flexibility index (Phi) is 7.10. The molecule has 3 atom stereocenters. The van der Waals surface area contributed by atoms with Crippen molar-refractivity contribution in [1.82, 2.24) is 30.2 Å². The van der Waals surface area contributed by atoms with Gasteiger partial charge in [0.2, 0.25) is 0 Å². The van der Waals surface area contributed by atoms with E-state index in [1.54, 1.807) is 16.6 Å². The highest BCUT2D eigenvalue weighted by atomic mass is 16.5. The van der Waals surface area contributed by atoms with Crippen LogP contribution in [0.5, 0.6) is 5.75 Å². The molecule has 2 aliphatic rings. The fraction of sp³-hybridized carbons (Fsp3) is 0.357. The summed E-state index contributed by atoms with van der Waals surface area (Å²) < 4.78 is 14.0. The maximum absolute atomic E-state index is 12.0. The summed E-state index contributed by atoms with van der Waals surface area (Å²) >= 11 is 0. The number of aliphatic hydroxyl groups excluding tert-OH is 1. The van der Waals surface area contributed by atoms with Crippen molar-refractivity contribution in [2.75, 3.05) is 31.7 Å². The zero-order chi connectivity index (χ0) is 26.8. The van der Waals surface area contributed by atoms with Gasteiger partial charge in [-0.1, -0.05) is 0 Å². The summed E-state index contributed by atoms with van der Waals surface area (Å²) in [6, 6.07) is 12.1. The topological polar surface area (TPSA) is 135 Å². The highest BCUT2D eigenvalue weighted by Gasteiger charge is 2.33. The van der Waals surface area contributed by atoms with Crippen LogP contribution in [0.25, 0.3) is 16.6 Å². The second-order valence-corrected chi connectivity index (χ2v) is 9.98. The Balaban J connectivity index is 1.20. The van der Waals surface area contributed by atoms with Gasteiger partial charge in [0.1, 0.15) is 17.7 Å². The molecule has 0 aromatic carbocycles. The zero-order valence-corrected chi connectivity index (χ0v) is 21.6. The van der Waals surface area contributed by atoms with E-state index in [-0.39, 0.29) is 25.2 Å². The van der Waals surface area contributed by atoms with Crippen molar-refractivity contribution >= 4 is 23.1 Å². The van der Waals surface area contributed by atoms with E-state index in [1.807, 2.05) is 31.5 Å². The van der Waals surface area contributed by atoms with E-state index in [0.717, 1.165) is 54.1 Å². The molecule has 39 heavy (non-hydrogen) atoms. The minimum Gasteiger partial charge on any atom is -0.488 e. The van der Waals surface area contributed by atoms with Gasteiger partial charge in [-0.3, -0.25) is 9.78 Å². The number of carbonyl (C=O) groups excluding carboxylic acids is 1. The largest absolute Gasteiger partial charge is 0.488 e. The van der Waals surface area contributed by atoms with E-state index >= 15 is 0 Å². The Morgan fingerprint density at radius 2 is 1.97 bits per heavy atom. The number of rotatable bonds is 8. The summed E-state index contributed by atoms with van der Waals surface area (Å²) in [4.78, 5) is 20.9. The Bertz CT molecular complexity index is 1460. The van der Waals surface area contributed by atoms with Crippen molar-refractivity contribution < 1.29 is 19.4 Å². The number of nitrogens with one attached hydrogen (secondary N) is 3. The van der Waals surface area contributed by atoms with Gasteiger partial charge in [-0.15, -0.1) is 0 Å². The number of piperidine rings is 1. The van der Waals surface area contributed by atoms with E-state index in [4.69, 9.17) is 14.6 Å². The quantitative estimate of drug-likeness (QED) is 0.271. The van der Waals surface area contributed by atoms with E-state index in [0.29, 0.717) is 29.3 Å². The molecule has 0 aliphatic carbocycles. The highest BCUT2D eigenvalue weighted by Crippen LogP contribution is 2.34. The van der Waals surface area contributed by atoms with Gasteiger partial charge in [0.05, 0.1) is 37.1 Å². The normalized spacial score (nSPS) is 20.5. The smallest absolute Gasteiger partial charge is 0.252 e. The van der Waals surface area contributed by atoms with Gasteiger partial charge in [-0.05, 0) is 42.8 Å². The van der Waals surface area contributed by atoms with Gasteiger partial charge in [0, 0.05) is 61.2 Å². The maximum atomic E-state index is 12.0. The predicted octanol–water partition coefficient (Wildman–Crippen LogP) is 2.46. The molecule has 2 aliphatic heterocycles. The lowest BCUT2D eigenvalue weighted by Crippen LogP contribution is -2.56. The van der Waals surface area contributed by atoms with E-state index in [2.05, 4.69) is 43.1 Å². The van der Waals surface area contributed by atoms with Gasteiger partial charge < -0.3 is 30.5 Å². The number of hydrogen-bond donors (Lipinski definition) is 4. The molecular formula is C28H31N7O4. The highest BCUT2D eigenvalue weighted by molar-refractivity contribution is 5.94. The number of amides is 1. The molecule has 11 nitrogen and oxygen atoms in total. The zero-order valence-electron chi connectivity index (χ0n) is 21.6. The number of fused-ring (bicyclic) bond motifs is 3. The molecule has 4 N–H and O–H groups in total. The number of pyridine rings is 3. The number of anilines is 2. The maximum Gasteiger partial charge on any atom is 0.252 e. The molecule has 11 heteroatoms. The molecule has 2 fully saturated rings.